The molecule has 2 atom stereocenters. The summed E-state index contributed by atoms with van der Waals surface area (Å²) in [5.74, 6) is 0.329. The number of ether oxygens (including phenoxy) is 1. The average molecular weight is 319 g/mol. The minimum atomic E-state index is -0.432. The summed E-state index contributed by atoms with van der Waals surface area (Å²) in [5, 5.41) is 0.718. The molecule has 2 N–H and O–H groups in total. The summed E-state index contributed by atoms with van der Waals surface area (Å²) in [4.78, 5) is 0. The molecule has 2 unspecified atom stereocenters. The number of benzene rings is 1. The van der Waals surface area contributed by atoms with E-state index >= 15 is 0 Å². The van der Waals surface area contributed by atoms with Gasteiger partial charge < -0.3 is 10.5 Å². The molecular formula is C13H17BrClNO. The molecule has 1 saturated heterocycles. The SMILES string of the molecule is CC(N)(c1ccc(Br)cc1Cl)C1CCCOC1. The summed E-state index contributed by atoms with van der Waals surface area (Å²) >= 11 is 9.69. The van der Waals surface area contributed by atoms with Crippen molar-refractivity contribution in [3.63, 3.8) is 0 Å². The Morgan fingerprint density at radius 3 is 2.88 bits per heavy atom. The van der Waals surface area contributed by atoms with Crippen molar-refractivity contribution in [3.8, 4) is 0 Å². The first-order valence-electron chi connectivity index (χ1n) is 5.84. The lowest BCUT2D eigenvalue weighted by atomic mass is 9.78. The largest absolute Gasteiger partial charge is 0.381 e. The zero-order chi connectivity index (χ0) is 12.5. The Morgan fingerprint density at radius 2 is 2.29 bits per heavy atom. The second-order valence-corrected chi connectivity index (χ2v) is 6.14. The standard InChI is InChI=1S/C13H17BrClNO/c1-13(16,9-3-2-6-17-8-9)11-5-4-10(14)7-12(11)15/h4-5,7,9H,2-3,6,8,16H2,1H3. The lowest BCUT2D eigenvalue weighted by molar-refractivity contribution is 0.0243. The van der Waals surface area contributed by atoms with E-state index in [-0.39, 0.29) is 0 Å². The molecule has 0 amide bonds. The Balaban J connectivity index is 2.29. The number of halogens is 2. The van der Waals surface area contributed by atoms with Crippen molar-refractivity contribution in [1.29, 1.82) is 0 Å². The van der Waals surface area contributed by atoms with E-state index in [9.17, 15) is 0 Å². The molecule has 94 valence electrons. The summed E-state index contributed by atoms with van der Waals surface area (Å²) in [6.45, 7) is 3.61. The van der Waals surface area contributed by atoms with Gasteiger partial charge in [-0.25, -0.2) is 0 Å². The van der Waals surface area contributed by atoms with Gasteiger partial charge in [0, 0.05) is 27.6 Å². The summed E-state index contributed by atoms with van der Waals surface area (Å²) in [6.07, 6.45) is 2.17. The van der Waals surface area contributed by atoms with Crippen LogP contribution in [0.2, 0.25) is 5.02 Å². The molecule has 0 aromatic heterocycles. The minimum Gasteiger partial charge on any atom is -0.381 e. The first kappa shape index (κ1) is 13.3. The van der Waals surface area contributed by atoms with Gasteiger partial charge >= 0.3 is 0 Å². The summed E-state index contributed by atoms with van der Waals surface area (Å²) in [6, 6.07) is 5.88. The summed E-state index contributed by atoms with van der Waals surface area (Å²) in [7, 11) is 0. The molecule has 0 aliphatic carbocycles. The van der Waals surface area contributed by atoms with Gasteiger partial charge in [0.25, 0.3) is 0 Å². The Morgan fingerprint density at radius 1 is 1.53 bits per heavy atom. The third-order valence-corrected chi connectivity index (χ3v) is 4.33. The maximum Gasteiger partial charge on any atom is 0.0515 e. The summed E-state index contributed by atoms with van der Waals surface area (Å²) < 4.78 is 6.50. The van der Waals surface area contributed by atoms with Crippen LogP contribution in [-0.4, -0.2) is 13.2 Å². The van der Waals surface area contributed by atoms with Gasteiger partial charge in [0.05, 0.1) is 6.61 Å². The minimum absolute atomic E-state index is 0.329. The molecule has 0 spiro atoms. The normalized spacial score (nSPS) is 24.4. The molecule has 1 heterocycles. The Hall–Kier alpha value is -0.0900. The van der Waals surface area contributed by atoms with Gasteiger partial charge in [-0.15, -0.1) is 0 Å². The van der Waals surface area contributed by atoms with E-state index in [0.717, 1.165) is 41.1 Å². The highest BCUT2D eigenvalue weighted by Crippen LogP contribution is 2.37. The fourth-order valence-electron chi connectivity index (χ4n) is 2.36. The van der Waals surface area contributed by atoms with Crippen LogP contribution in [-0.2, 0) is 10.3 Å². The van der Waals surface area contributed by atoms with Crippen molar-refractivity contribution in [2.45, 2.75) is 25.3 Å². The predicted molar refractivity (Wildman–Crippen MR) is 74.2 cm³/mol. The Kier molecular flexibility index (Phi) is 4.14. The molecule has 0 bridgehead atoms. The molecule has 2 nitrogen and oxygen atoms in total. The Bertz CT molecular complexity index is 402. The van der Waals surface area contributed by atoms with E-state index < -0.39 is 5.54 Å². The number of nitrogens with two attached hydrogens (primary N) is 1. The van der Waals surface area contributed by atoms with Gasteiger partial charge in [-0.2, -0.15) is 0 Å². The van der Waals surface area contributed by atoms with Gasteiger partial charge in [-0.05, 0) is 37.5 Å². The smallest absolute Gasteiger partial charge is 0.0515 e. The Labute approximate surface area is 116 Å². The topological polar surface area (TPSA) is 35.2 Å². The van der Waals surface area contributed by atoms with Gasteiger partial charge in [-0.1, -0.05) is 33.6 Å². The van der Waals surface area contributed by atoms with Crippen LogP contribution >= 0.6 is 27.5 Å². The van der Waals surface area contributed by atoms with Gasteiger partial charge in [0.1, 0.15) is 0 Å². The fraction of sp³-hybridized carbons (Fsp3) is 0.538. The first-order chi connectivity index (χ1) is 8.01. The van der Waals surface area contributed by atoms with Crippen LogP contribution in [0, 0.1) is 5.92 Å². The molecule has 1 aromatic carbocycles. The van der Waals surface area contributed by atoms with Crippen LogP contribution in [0.3, 0.4) is 0 Å². The number of hydrogen-bond donors (Lipinski definition) is 1. The van der Waals surface area contributed by atoms with Crippen LogP contribution in [0.5, 0.6) is 0 Å². The first-order valence-corrected chi connectivity index (χ1v) is 7.01. The zero-order valence-corrected chi connectivity index (χ0v) is 12.2. The van der Waals surface area contributed by atoms with E-state index in [1.807, 2.05) is 25.1 Å². The van der Waals surface area contributed by atoms with Crippen LogP contribution in [0.25, 0.3) is 0 Å². The molecule has 0 radical (unpaired) electrons. The van der Waals surface area contributed by atoms with E-state index in [2.05, 4.69) is 15.9 Å². The molecular weight excluding hydrogens is 302 g/mol. The molecule has 17 heavy (non-hydrogen) atoms. The van der Waals surface area contributed by atoms with Crippen molar-refractivity contribution >= 4 is 27.5 Å². The predicted octanol–water partition coefficient (Wildman–Crippen LogP) is 3.70. The second-order valence-electron chi connectivity index (χ2n) is 4.82. The maximum absolute atomic E-state index is 6.48. The molecule has 2 rings (SSSR count). The molecule has 4 heteroatoms. The van der Waals surface area contributed by atoms with E-state index in [0.29, 0.717) is 5.92 Å². The van der Waals surface area contributed by atoms with Crippen molar-refractivity contribution in [2.24, 2.45) is 11.7 Å². The third-order valence-electron chi connectivity index (χ3n) is 3.52. The summed E-state index contributed by atoms with van der Waals surface area (Å²) in [5.41, 5.74) is 7.05. The maximum atomic E-state index is 6.48. The monoisotopic (exact) mass is 317 g/mol. The fourth-order valence-corrected chi connectivity index (χ4v) is 3.24. The zero-order valence-electron chi connectivity index (χ0n) is 9.88. The quantitative estimate of drug-likeness (QED) is 0.902. The van der Waals surface area contributed by atoms with E-state index in [4.69, 9.17) is 22.1 Å². The lowest BCUT2D eigenvalue weighted by Crippen LogP contribution is -2.45. The third kappa shape index (κ3) is 2.84. The molecule has 1 aliphatic rings. The highest BCUT2D eigenvalue weighted by molar-refractivity contribution is 9.10. The molecule has 0 saturated carbocycles. The van der Waals surface area contributed by atoms with Crippen LogP contribution in [0.15, 0.2) is 22.7 Å². The van der Waals surface area contributed by atoms with Crippen LogP contribution in [0.1, 0.15) is 25.3 Å². The van der Waals surface area contributed by atoms with Gasteiger partial charge in [0.2, 0.25) is 0 Å². The molecule has 1 aliphatic heterocycles. The number of rotatable bonds is 2. The number of hydrogen-bond acceptors (Lipinski definition) is 2. The highest BCUT2D eigenvalue weighted by atomic mass is 79.9. The molecule has 1 fully saturated rings. The van der Waals surface area contributed by atoms with Gasteiger partial charge in [0.15, 0.2) is 0 Å². The lowest BCUT2D eigenvalue weighted by Gasteiger charge is -2.37. The van der Waals surface area contributed by atoms with Crippen molar-refractivity contribution in [3.05, 3.63) is 33.3 Å². The van der Waals surface area contributed by atoms with Crippen LogP contribution < -0.4 is 5.73 Å². The van der Waals surface area contributed by atoms with E-state index in [1.165, 1.54) is 0 Å². The van der Waals surface area contributed by atoms with E-state index in [1.54, 1.807) is 0 Å². The van der Waals surface area contributed by atoms with Crippen molar-refractivity contribution in [2.75, 3.05) is 13.2 Å². The highest BCUT2D eigenvalue weighted by Gasteiger charge is 2.34. The van der Waals surface area contributed by atoms with Gasteiger partial charge in [-0.3, -0.25) is 0 Å². The van der Waals surface area contributed by atoms with Crippen molar-refractivity contribution in [1.82, 2.24) is 0 Å². The van der Waals surface area contributed by atoms with Crippen molar-refractivity contribution < 1.29 is 4.74 Å². The van der Waals surface area contributed by atoms with Crippen LogP contribution in [0.4, 0.5) is 0 Å². The average Bonchev–Trinajstić information content (AvgIpc) is 2.29. The molecule has 1 aromatic rings. The second kappa shape index (κ2) is 5.27.